The van der Waals surface area contributed by atoms with Gasteiger partial charge in [0.15, 0.2) is 0 Å². The van der Waals surface area contributed by atoms with Crippen molar-refractivity contribution in [1.29, 1.82) is 0 Å². The van der Waals surface area contributed by atoms with Crippen LogP contribution in [0.1, 0.15) is 16.8 Å². The number of allylic oxidation sites excluding steroid dienone is 1. The molecular weight excluding hydrogens is 236 g/mol. The Kier molecular flexibility index (Phi) is 3.73. The molecule has 0 unspecified atom stereocenters. The molecule has 3 nitrogen and oxygen atoms in total. The second kappa shape index (κ2) is 5.46. The zero-order chi connectivity index (χ0) is 12.1. The molecule has 1 N–H and O–H groups in total. The van der Waals surface area contributed by atoms with E-state index < -0.39 is 5.24 Å². The number of benzene rings is 1. The summed E-state index contributed by atoms with van der Waals surface area (Å²) in [6.07, 6.45) is 7.32. The predicted octanol–water partition coefficient (Wildman–Crippen LogP) is 2.78. The minimum atomic E-state index is -0.466. The average Bonchev–Trinajstić information content (AvgIpc) is 2.81. The smallest absolute Gasteiger partial charge is 0.245 e. The SMILES string of the molecule is O=C(Cl)C=Cc1ccc(Cc2cnc[nH]2)cc1. The fourth-order valence-corrected chi connectivity index (χ4v) is 1.57. The zero-order valence-corrected chi connectivity index (χ0v) is 9.82. The maximum atomic E-state index is 10.6. The van der Waals surface area contributed by atoms with Crippen molar-refractivity contribution in [2.24, 2.45) is 0 Å². The third kappa shape index (κ3) is 3.57. The first-order valence-corrected chi connectivity index (χ1v) is 5.55. The molecule has 1 aromatic heterocycles. The van der Waals surface area contributed by atoms with Crippen molar-refractivity contribution < 1.29 is 4.79 Å². The average molecular weight is 247 g/mol. The molecule has 1 heterocycles. The molecule has 0 saturated carbocycles. The highest BCUT2D eigenvalue weighted by Crippen LogP contribution is 2.10. The van der Waals surface area contributed by atoms with Gasteiger partial charge in [-0.1, -0.05) is 30.3 Å². The van der Waals surface area contributed by atoms with Crippen LogP contribution in [0.4, 0.5) is 0 Å². The minimum Gasteiger partial charge on any atom is -0.348 e. The Morgan fingerprint density at radius 3 is 2.71 bits per heavy atom. The van der Waals surface area contributed by atoms with Gasteiger partial charge in [-0.3, -0.25) is 4.79 Å². The van der Waals surface area contributed by atoms with Gasteiger partial charge in [0, 0.05) is 18.3 Å². The molecule has 0 fully saturated rings. The lowest BCUT2D eigenvalue weighted by Gasteiger charge is -1.99. The third-order valence-corrected chi connectivity index (χ3v) is 2.46. The third-order valence-electron chi connectivity index (χ3n) is 2.34. The molecule has 4 heteroatoms. The number of H-pyrrole nitrogens is 1. The number of aromatic amines is 1. The Morgan fingerprint density at radius 2 is 2.12 bits per heavy atom. The highest BCUT2D eigenvalue weighted by molar-refractivity contribution is 6.66. The number of hydrogen-bond donors (Lipinski definition) is 1. The van der Waals surface area contributed by atoms with Crippen LogP contribution < -0.4 is 0 Å². The van der Waals surface area contributed by atoms with Crippen molar-refractivity contribution in [2.75, 3.05) is 0 Å². The fraction of sp³-hybridized carbons (Fsp3) is 0.0769. The van der Waals surface area contributed by atoms with Gasteiger partial charge in [-0.15, -0.1) is 0 Å². The number of imidazole rings is 1. The number of hydrogen-bond acceptors (Lipinski definition) is 2. The van der Waals surface area contributed by atoms with Crippen LogP contribution in [0.3, 0.4) is 0 Å². The van der Waals surface area contributed by atoms with Gasteiger partial charge in [-0.25, -0.2) is 4.98 Å². The van der Waals surface area contributed by atoms with Crippen LogP contribution in [-0.2, 0) is 11.2 Å². The van der Waals surface area contributed by atoms with E-state index in [0.717, 1.165) is 17.7 Å². The lowest BCUT2D eigenvalue weighted by molar-refractivity contribution is -0.107. The molecular formula is C13H11ClN2O. The summed E-state index contributed by atoms with van der Waals surface area (Å²) in [6, 6.07) is 7.92. The molecule has 86 valence electrons. The van der Waals surface area contributed by atoms with Crippen LogP contribution in [0.25, 0.3) is 6.08 Å². The molecule has 0 amide bonds. The molecule has 0 radical (unpaired) electrons. The molecule has 0 saturated heterocycles. The molecule has 2 aromatic rings. The summed E-state index contributed by atoms with van der Waals surface area (Å²) >= 11 is 5.22. The maximum Gasteiger partial charge on any atom is 0.245 e. The Bertz CT molecular complexity index is 515. The number of nitrogens with one attached hydrogen (secondary N) is 1. The van der Waals surface area contributed by atoms with Crippen molar-refractivity contribution in [3.05, 3.63) is 59.7 Å². The summed E-state index contributed by atoms with van der Waals surface area (Å²) in [7, 11) is 0. The molecule has 17 heavy (non-hydrogen) atoms. The van der Waals surface area contributed by atoms with Gasteiger partial charge in [-0.2, -0.15) is 0 Å². The van der Waals surface area contributed by atoms with Gasteiger partial charge in [-0.05, 0) is 28.8 Å². The van der Waals surface area contributed by atoms with E-state index in [0.29, 0.717) is 0 Å². The van der Waals surface area contributed by atoms with E-state index in [-0.39, 0.29) is 0 Å². The lowest BCUT2D eigenvalue weighted by Crippen LogP contribution is -1.87. The van der Waals surface area contributed by atoms with Crippen molar-refractivity contribution in [1.82, 2.24) is 9.97 Å². The first-order valence-electron chi connectivity index (χ1n) is 5.18. The largest absolute Gasteiger partial charge is 0.348 e. The van der Waals surface area contributed by atoms with E-state index in [9.17, 15) is 4.79 Å². The summed E-state index contributed by atoms with van der Waals surface area (Å²) in [5.74, 6) is 0. The van der Waals surface area contributed by atoms with Crippen LogP contribution in [0.15, 0.2) is 42.9 Å². The Morgan fingerprint density at radius 1 is 1.35 bits per heavy atom. The molecule has 0 bridgehead atoms. The topological polar surface area (TPSA) is 45.8 Å². The maximum absolute atomic E-state index is 10.6. The molecule has 1 aromatic carbocycles. The molecule has 0 aliphatic rings. The van der Waals surface area contributed by atoms with Crippen LogP contribution in [0, 0.1) is 0 Å². The van der Waals surface area contributed by atoms with E-state index in [1.54, 1.807) is 18.6 Å². The molecule has 0 aliphatic heterocycles. The Hall–Kier alpha value is -1.87. The number of halogens is 1. The van der Waals surface area contributed by atoms with E-state index >= 15 is 0 Å². The molecule has 0 aliphatic carbocycles. The Balaban J connectivity index is 2.05. The van der Waals surface area contributed by atoms with Crippen LogP contribution in [-0.4, -0.2) is 15.2 Å². The van der Waals surface area contributed by atoms with Crippen molar-refractivity contribution in [3.8, 4) is 0 Å². The van der Waals surface area contributed by atoms with E-state index in [1.165, 1.54) is 11.6 Å². The monoisotopic (exact) mass is 246 g/mol. The van der Waals surface area contributed by atoms with Crippen molar-refractivity contribution >= 4 is 22.9 Å². The summed E-state index contributed by atoms with van der Waals surface area (Å²) in [6.45, 7) is 0. The normalized spacial score (nSPS) is 10.9. The van der Waals surface area contributed by atoms with Gasteiger partial charge < -0.3 is 4.98 Å². The highest BCUT2D eigenvalue weighted by Gasteiger charge is 1.97. The van der Waals surface area contributed by atoms with Crippen LogP contribution in [0.5, 0.6) is 0 Å². The number of carbonyl (C=O) groups is 1. The minimum absolute atomic E-state index is 0.466. The van der Waals surface area contributed by atoms with Gasteiger partial charge in [0.2, 0.25) is 5.24 Å². The highest BCUT2D eigenvalue weighted by atomic mass is 35.5. The van der Waals surface area contributed by atoms with E-state index in [2.05, 4.69) is 9.97 Å². The molecule has 2 rings (SSSR count). The molecule has 0 spiro atoms. The Labute approximate surface area is 104 Å². The summed E-state index contributed by atoms with van der Waals surface area (Å²) in [5.41, 5.74) is 3.21. The second-order valence-electron chi connectivity index (χ2n) is 3.63. The first-order chi connectivity index (χ1) is 8.24. The van der Waals surface area contributed by atoms with Crippen LogP contribution >= 0.6 is 11.6 Å². The van der Waals surface area contributed by atoms with Crippen molar-refractivity contribution in [3.63, 3.8) is 0 Å². The van der Waals surface area contributed by atoms with Crippen LogP contribution in [0.2, 0.25) is 0 Å². The number of nitrogens with zero attached hydrogens (tertiary/aromatic N) is 1. The fourth-order valence-electron chi connectivity index (χ4n) is 1.51. The van der Waals surface area contributed by atoms with E-state index in [4.69, 9.17) is 11.6 Å². The van der Waals surface area contributed by atoms with E-state index in [1.807, 2.05) is 24.3 Å². The summed E-state index contributed by atoms with van der Waals surface area (Å²) < 4.78 is 0. The van der Waals surface area contributed by atoms with Crippen molar-refractivity contribution in [2.45, 2.75) is 6.42 Å². The zero-order valence-electron chi connectivity index (χ0n) is 9.06. The second-order valence-corrected chi connectivity index (χ2v) is 4.01. The quantitative estimate of drug-likeness (QED) is 0.666. The number of carbonyl (C=O) groups excluding carboxylic acids is 1. The van der Waals surface area contributed by atoms with Gasteiger partial charge in [0.1, 0.15) is 0 Å². The summed E-state index contributed by atoms with van der Waals surface area (Å²) in [5, 5.41) is -0.466. The summed E-state index contributed by atoms with van der Waals surface area (Å²) in [4.78, 5) is 17.6. The number of rotatable bonds is 4. The first kappa shape index (κ1) is 11.6. The van der Waals surface area contributed by atoms with Gasteiger partial charge in [0.05, 0.1) is 6.33 Å². The molecule has 0 atom stereocenters. The van der Waals surface area contributed by atoms with Gasteiger partial charge in [0.25, 0.3) is 0 Å². The lowest BCUT2D eigenvalue weighted by atomic mass is 10.1. The number of aromatic nitrogens is 2. The predicted molar refractivity (Wildman–Crippen MR) is 67.7 cm³/mol. The van der Waals surface area contributed by atoms with Gasteiger partial charge >= 0.3 is 0 Å². The standard InChI is InChI=1S/C13H11ClN2O/c14-13(17)6-5-10-1-3-11(4-2-10)7-12-8-15-9-16-12/h1-6,8-9H,7H2,(H,15,16).